The van der Waals surface area contributed by atoms with Crippen molar-refractivity contribution in [3.63, 3.8) is 0 Å². The molecule has 0 spiro atoms. The second kappa shape index (κ2) is 7.22. The monoisotopic (exact) mass is 366 g/mol. The number of hydrogen-bond donors (Lipinski definition) is 0. The third-order valence-electron chi connectivity index (χ3n) is 5.06. The molecule has 0 N–H and O–H groups in total. The van der Waals surface area contributed by atoms with Crippen LogP contribution in [-0.4, -0.2) is 30.4 Å². The Bertz CT molecular complexity index is 843. The Labute approximate surface area is 160 Å². The fourth-order valence-electron chi connectivity index (χ4n) is 2.64. The van der Waals surface area contributed by atoms with Crippen molar-refractivity contribution in [1.29, 1.82) is 5.26 Å². The maximum absolute atomic E-state index is 9.33. The van der Waals surface area contributed by atoms with Crippen molar-refractivity contribution >= 4 is 12.6 Å². The number of rotatable bonds is 5. The third kappa shape index (κ3) is 3.92. The van der Waals surface area contributed by atoms with Gasteiger partial charge in [0, 0.05) is 11.7 Å². The third-order valence-corrected chi connectivity index (χ3v) is 5.06. The Morgan fingerprint density at radius 1 is 1.11 bits per heavy atom. The van der Waals surface area contributed by atoms with Gasteiger partial charge >= 0.3 is 7.12 Å². The number of methoxy groups -OCH3 is 1. The highest BCUT2D eigenvalue weighted by Gasteiger charge is 2.52. The Hall–Kier alpha value is -2.56. The number of nitriles is 1. The smallest absolute Gasteiger partial charge is 0.496 e. The molecule has 2 aromatic rings. The summed E-state index contributed by atoms with van der Waals surface area (Å²) in [6.07, 6.45) is 1.60. The lowest BCUT2D eigenvalue weighted by Gasteiger charge is -2.32. The molecule has 2 heterocycles. The molecule has 1 saturated heterocycles. The van der Waals surface area contributed by atoms with E-state index in [2.05, 4.69) is 11.1 Å². The van der Waals surface area contributed by atoms with Crippen molar-refractivity contribution < 1.29 is 18.8 Å². The van der Waals surface area contributed by atoms with E-state index < -0.39 is 18.3 Å². The van der Waals surface area contributed by atoms with E-state index in [-0.39, 0.29) is 5.69 Å². The van der Waals surface area contributed by atoms with Crippen LogP contribution < -0.4 is 14.9 Å². The summed E-state index contributed by atoms with van der Waals surface area (Å²) in [5.41, 5.74) is 1.01. The van der Waals surface area contributed by atoms with E-state index in [1.54, 1.807) is 19.4 Å². The predicted octanol–water partition coefficient (Wildman–Crippen LogP) is 2.84. The number of pyridine rings is 1. The molecule has 0 radical (unpaired) electrons. The van der Waals surface area contributed by atoms with E-state index in [1.165, 1.54) is 0 Å². The maximum Gasteiger partial charge on any atom is 0.496 e. The first-order valence-corrected chi connectivity index (χ1v) is 8.77. The average molecular weight is 366 g/mol. The van der Waals surface area contributed by atoms with E-state index in [0.717, 1.165) is 16.8 Å². The maximum atomic E-state index is 9.33. The SMILES string of the molecule is COc1ccc(COc2cc(B3OC(C)(C)C(C)(C)O3)cnc2C#N)cc1. The first-order chi connectivity index (χ1) is 12.8. The van der Waals surface area contributed by atoms with Crippen molar-refractivity contribution in [2.75, 3.05) is 7.11 Å². The van der Waals surface area contributed by atoms with E-state index in [9.17, 15) is 5.26 Å². The zero-order valence-electron chi connectivity index (χ0n) is 16.3. The topological polar surface area (TPSA) is 73.6 Å². The van der Waals surface area contributed by atoms with E-state index in [4.69, 9.17) is 18.8 Å². The molecular formula is C20H23BN2O4. The van der Waals surface area contributed by atoms with Gasteiger partial charge in [-0.25, -0.2) is 4.98 Å². The summed E-state index contributed by atoms with van der Waals surface area (Å²) in [7, 11) is 1.07. The largest absolute Gasteiger partial charge is 0.497 e. The number of aromatic nitrogens is 1. The van der Waals surface area contributed by atoms with Gasteiger partial charge in [-0.1, -0.05) is 12.1 Å². The number of benzene rings is 1. The first kappa shape index (κ1) is 19.2. The minimum absolute atomic E-state index is 0.226. The molecule has 1 aliphatic heterocycles. The van der Waals surface area contributed by atoms with Crippen LogP contribution in [0.3, 0.4) is 0 Å². The predicted molar refractivity (Wildman–Crippen MR) is 102 cm³/mol. The number of hydrogen-bond acceptors (Lipinski definition) is 6. The van der Waals surface area contributed by atoms with Crippen molar-refractivity contribution in [2.24, 2.45) is 0 Å². The lowest BCUT2D eigenvalue weighted by atomic mass is 9.80. The van der Waals surface area contributed by atoms with Crippen molar-refractivity contribution in [3.05, 3.63) is 47.8 Å². The van der Waals surface area contributed by atoms with Crippen LogP contribution in [0.5, 0.6) is 11.5 Å². The number of ether oxygens (including phenoxy) is 2. The molecule has 0 atom stereocenters. The van der Waals surface area contributed by atoms with Gasteiger partial charge in [-0.3, -0.25) is 0 Å². The zero-order valence-corrected chi connectivity index (χ0v) is 16.3. The fourth-order valence-corrected chi connectivity index (χ4v) is 2.64. The molecule has 27 heavy (non-hydrogen) atoms. The summed E-state index contributed by atoms with van der Waals surface area (Å²) in [4.78, 5) is 4.21. The Morgan fingerprint density at radius 3 is 2.30 bits per heavy atom. The summed E-state index contributed by atoms with van der Waals surface area (Å²) in [6.45, 7) is 8.28. The molecule has 0 saturated carbocycles. The summed E-state index contributed by atoms with van der Waals surface area (Å²) >= 11 is 0. The Kier molecular flexibility index (Phi) is 5.14. The van der Waals surface area contributed by atoms with Gasteiger partial charge in [0.05, 0.1) is 18.3 Å². The van der Waals surface area contributed by atoms with Gasteiger partial charge in [0.1, 0.15) is 18.4 Å². The summed E-state index contributed by atoms with van der Waals surface area (Å²) < 4.78 is 23.1. The van der Waals surface area contributed by atoms with Gasteiger partial charge in [0.2, 0.25) is 0 Å². The second-order valence-electron chi connectivity index (χ2n) is 7.45. The molecule has 0 aliphatic carbocycles. The standard InChI is InChI=1S/C20H23BN2O4/c1-19(2)20(3,4)27-21(26-19)15-10-18(17(11-22)23-12-15)25-13-14-6-8-16(24-5)9-7-14/h6-10,12H,13H2,1-5H3. The van der Waals surface area contributed by atoms with Crippen molar-refractivity contribution in [3.8, 4) is 17.6 Å². The van der Waals surface area contributed by atoms with Gasteiger partial charge < -0.3 is 18.8 Å². The van der Waals surface area contributed by atoms with Gasteiger partial charge in [0.25, 0.3) is 0 Å². The molecule has 1 aromatic heterocycles. The van der Waals surface area contributed by atoms with Crippen LogP contribution in [0.4, 0.5) is 0 Å². The fraction of sp³-hybridized carbons (Fsp3) is 0.400. The molecule has 140 valence electrons. The molecule has 0 amide bonds. The summed E-state index contributed by atoms with van der Waals surface area (Å²) in [6, 6.07) is 11.4. The van der Waals surface area contributed by atoms with Crippen molar-refractivity contribution in [2.45, 2.75) is 45.5 Å². The minimum atomic E-state index is -0.557. The lowest BCUT2D eigenvalue weighted by molar-refractivity contribution is 0.00578. The Morgan fingerprint density at radius 2 is 1.74 bits per heavy atom. The van der Waals surface area contributed by atoms with Crippen LogP contribution in [0, 0.1) is 11.3 Å². The zero-order chi connectivity index (χ0) is 19.7. The molecular weight excluding hydrogens is 343 g/mol. The Balaban J connectivity index is 1.79. The van der Waals surface area contributed by atoms with Gasteiger partial charge in [0.15, 0.2) is 11.4 Å². The summed E-state index contributed by atoms with van der Waals surface area (Å²) in [5, 5.41) is 9.33. The van der Waals surface area contributed by atoms with Gasteiger partial charge in [-0.2, -0.15) is 5.26 Å². The normalized spacial score (nSPS) is 17.4. The molecule has 3 rings (SSSR count). The van der Waals surface area contributed by atoms with Gasteiger partial charge in [-0.15, -0.1) is 0 Å². The van der Waals surface area contributed by atoms with Crippen LogP contribution in [0.15, 0.2) is 36.5 Å². The second-order valence-corrected chi connectivity index (χ2v) is 7.45. The summed E-state index contributed by atoms with van der Waals surface area (Å²) in [5.74, 6) is 1.18. The van der Waals surface area contributed by atoms with Crippen LogP contribution >= 0.6 is 0 Å². The molecule has 0 bridgehead atoms. The highest BCUT2D eigenvalue weighted by atomic mass is 16.7. The van der Waals surface area contributed by atoms with Crippen LogP contribution in [-0.2, 0) is 15.9 Å². The molecule has 1 aliphatic rings. The lowest BCUT2D eigenvalue weighted by Crippen LogP contribution is -2.41. The molecule has 1 aromatic carbocycles. The first-order valence-electron chi connectivity index (χ1n) is 8.77. The van der Waals surface area contributed by atoms with Crippen molar-refractivity contribution in [1.82, 2.24) is 4.98 Å². The quantitative estimate of drug-likeness (QED) is 0.758. The highest BCUT2D eigenvalue weighted by molar-refractivity contribution is 6.62. The van der Waals surface area contributed by atoms with E-state index >= 15 is 0 Å². The minimum Gasteiger partial charge on any atom is -0.497 e. The average Bonchev–Trinajstić information content (AvgIpc) is 2.87. The molecule has 0 unspecified atom stereocenters. The van der Waals surface area contributed by atoms with Crippen LogP contribution in [0.25, 0.3) is 0 Å². The van der Waals surface area contributed by atoms with Gasteiger partial charge in [-0.05, 0) is 51.5 Å². The van der Waals surface area contributed by atoms with Crippen LogP contribution in [0.1, 0.15) is 39.0 Å². The number of nitrogens with zero attached hydrogens (tertiary/aromatic N) is 2. The molecule has 6 nitrogen and oxygen atoms in total. The van der Waals surface area contributed by atoms with Crippen LogP contribution in [0.2, 0.25) is 0 Å². The van der Waals surface area contributed by atoms with E-state index in [0.29, 0.717) is 12.4 Å². The molecule has 7 heteroatoms. The van der Waals surface area contributed by atoms with E-state index in [1.807, 2.05) is 52.0 Å². The molecule has 1 fully saturated rings. The highest BCUT2D eigenvalue weighted by Crippen LogP contribution is 2.36.